The Balaban J connectivity index is 3.11. The number of hydrogen-bond acceptors (Lipinski definition) is 2. The molecule has 2 nitrogen and oxygen atoms in total. The summed E-state index contributed by atoms with van der Waals surface area (Å²) < 4.78 is 24.8. The molecule has 0 aliphatic heterocycles. The summed E-state index contributed by atoms with van der Waals surface area (Å²) >= 11 is 3.02. The number of hydrogen-bond donors (Lipinski definition) is 1. The molecular formula is C7H6BrF2NO. The van der Waals surface area contributed by atoms with Crippen LogP contribution in [0.4, 0.5) is 8.78 Å². The van der Waals surface area contributed by atoms with Crippen LogP contribution in [-0.4, -0.2) is 10.1 Å². The number of aliphatic hydroxyl groups excluding tert-OH is 1. The van der Waals surface area contributed by atoms with Gasteiger partial charge in [0, 0.05) is 5.56 Å². The van der Waals surface area contributed by atoms with Crippen molar-refractivity contribution < 1.29 is 13.9 Å². The number of alkyl halides is 2. The summed E-state index contributed by atoms with van der Waals surface area (Å²) in [6, 6.07) is 2.66. The highest BCUT2D eigenvalue weighted by atomic mass is 79.9. The van der Waals surface area contributed by atoms with E-state index in [1.165, 1.54) is 12.1 Å². The Morgan fingerprint density at radius 1 is 1.50 bits per heavy atom. The van der Waals surface area contributed by atoms with Gasteiger partial charge in [-0.15, -0.1) is 0 Å². The molecule has 1 aromatic rings. The molecule has 0 aliphatic carbocycles. The number of rotatable bonds is 2. The summed E-state index contributed by atoms with van der Waals surface area (Å²) in [7, 11) is 0. The van der Waals surface area contributed by atoms with Gasteiger partial charge in [-0.25, -0.2) is 13.8 Å². The lowest BCUT2D eigenvalue weighted by atomic mass is 10.2. The third-order valence-corrected chi connectivity index (χ3v) is 1.80. The molecule has 1 aromatic heterocycles. The van der Waals surface area contributed by atoms with Gasteiger partial charge in [-0.3, -0.25) is 0 Å². The van der Waals surface area contributed by atoms with E-state index in [9.17, 15) is 8.78 Å². The lowest BCUT2D eigenvalue weighted by Gasteiger charge is -2.04. The van der Waals surface area contributed by atoms with Gasteiger partial charge < -0.3 is 5.11 Å². The van der Waals surface area contributed by atoms with Gasteiger partial charge in [-0.2, -0.15) is 0 Å². The van der Waals surface area contributed by atoms with Gasteiger partial charge in [0.25, 0.3) is 6.43 Å². The van der Waals surface area contributed by atoms with E-state index in [0.29, 0.717) is 4.60 Å². The Morgan fingerprint density at radius 2 is 2.17 bits per heavy atom. The minimum atomic E-state index is -2.59. The molecule has 0 saturated heterocycles. The van der Waals surface area contributed by atoms with Crippen LogP contribution in [-0.2, 0) is 6.61 Å². The summed E-state index contributed by atoms with van der Waals surface area (Å²) in [5.41, 5.74) is -0.208. The van der Waals surface area contributed by atoms with Crippen LogP contribution in [0.15, 0.2) is 16.7 Å². The highest BCUT2D eigenvalue weighted by molar-refractivity contribution is 9.10. The minimum absolute atomic E-state index is 0.0133. The Morgan fingerprint density at radius 3 is 2.67 bits per heavy atom. The predicted octanol–water partition coefficient (Wildman–Crippen LogP) is 2.27. The summed E-state index contributed by atoms with van der Waals surface area (Å²) in [6.45, 7) is -0.473. The Kier molecular flexibility index (Phi) is 3.11. The number of aliphatic hydroxyl groups is 1. The van der Waals surface area contributed by atoms with Crippen molar-refractivity contribution in [1.29, 1.82) is 0 Å². The van der Waals surface area contributed by atoms with E-state index in [1.807, 2.05) is 0 Å². The Hall–Kier alpha value is -0.550. The zero-order valence-corrected chi connectivity index (χ0v) is 7.55. The molecule has 0 aromatic carbocycles. The third-order valence-electron chi connectivity index (χ3n) is 1.36. The second-order valence-corrected chi connectivity index (χ2v) is 2.94. The highest BCUT2D eigenvalue weighted by Crippen LogP contribution is 2.23. The maximum Gasteiger partial charge on any atom is 0.265 e. The second-order valence-electron chi connectivity index (χ2n) is 2.13. The van der Waals surface area contributed by atoms with Gasteiger partial charge in [0.2, 0.25) is 0 Å². The van der Waals surface area contributed by atoms with Crippen molar-refractivity contribution in [2.24, 2.45) is 0 Å². The van der Waals surface area contributed by atoms with E-state index < -0.39 is 13.0 Å². The summed E-state index contributed by atoms with van der Waals surface area (Å²) in [5, 5.41) is 8.68. The lowest BCUT2D eigenvalue weighted by molar-refractivity contribution is 0.146. The molecule has 0 atom stereocenters. The zero-order valence-electron chi connectivity index (χ0n) is 5.97. The number of halogens is 3. The van der Waals surface area contributed by atoms with Crippen LogP contribution in [0.25, 0.3) is 0 Å². The fraction of sp³-hybridized carbons (Fsp3) is 0.286. The fourth-order valence-corrected chi connectivity index (χ4v) is 1.16. The summed E-state index contributed by atoms with van der Waals surface area (Å²) in [4.78, 5) is 3.70. The van der Waals surface area contributed by atoms with Crippen LogP contribution in [0.2, 0.25) is 0 Å². The molecule has 0 bridgehead atoms. The van der Waals surface area contributed by atoms with Crippen molar-refractivity contribution in [1.82, 2.24) is 4.98 Å². The minimum Gasteiger partial charge on any atom is -0.390 e. The van der Waals surface area contributed by atoms with Gasteiger partial charge in [0.1, 0.15) is 4.60 Å². The van der Waals surface area contributed by atoms with Gasteiger partial charge in [0.15, 0.2) is 0 Å². The first-order valence-electron chi connectivity index (χ1n) is 3.19. The predicted molar refractivity (Wildman–Crippen MR) is 42.8 cm³/mol. The molecule has 66 valence electrons. The third kappa shape index (κ3) is 1.98. The topological polar surface area (TPSA) is 33.1 Å². The molecular weight excluding hydrogens is 232 g/mol. The standard InChI is InChI=1S/C7H6BrF2NO/c8-6-2-1-4(7(9)10)5(3-12)11-6/h1-2,7,12H,3H2. The second kappa shape index (κ2) is 3.91. The van der Waals surface area contributed by atoms with Gasteiger partial charge in [-0.05, 0) is 28.1 Å². The molecule has 0 unspecified atom stereocenters. The van der Waals surface area contributed by atoms with Gasteiger partial charge in [-0.1, -0.05) is 0 Å². The van der Waals surface area contributed by atoms with E-state index >= 15 is 0 Å². The molecule has 0 aliphatic rings. The van der Waals surface area contributed by atoms with Crippen molar-refractivity contribution in [3.8, 4) is 0 Å². The van der Waals surface area contributed by atoms with Gasteiger partial charge in [0.05, 0.1) is 12.3 Å². The molecule has 5 heteroatoms. The van der Waals surface area contributed by atoms with Crippen LogP contribution in [0, 0.1) is 0 Å². The van der Waals surface area contributed by atoms with Crippen molar-refractivity contribution in [2.75, 3.05) is 0 Å². The lowest BCUT2D eigenvalue weighted by Crippen LogP contribution is -1.98. The number of aromatic nitrogens is 1. The van der Waals surface area contributed by atoms with Crippen LogP contribution < -0.4 is 0 Å². The number of pyridine rings is 1. The van der Waals surface area contributed by atoms with E-state index in [1.54, 1.807) is 0 Å². The first-order valence-corrected chi connectivity index (χ1v) is 3.98. The molecule has 1 rings (SSSR count). The van der Waals surface area contributed by atoms with Gasteiger partial charge >= 0.3 is 0 Å². The van der Waals surface area contributed by atoms with E-state index in [4.69, 9.17) is 5.11 Å². The van der Waals surface area contributed by atoms with E-state index in [0.717, 1.165) is 0 Å². The highest BCUT2D eigenvalue weighted by Gasteiger charge is 2.13. The smallest absolute Gasteiger partial charge is 0.265 e. The Bertz CT molecular complexity index is 280. The van der Waals surface area contributed by atoms with Crippen LogP contribution in [0.1, 0.15) is 17.7 Å². The van der Waals surface area contributed by atoms with Crippen molar-refractivity contribution >= 4 is 15.9 Å². The summed E-state index contributed by atoms with van der Waals surface area (Å²) in [6.07, 6.45) is -2.59. The monoisotopic (exact) mass is 237 g/mol. The van der Waals surface area contributed by atoms with Crippen LogP contribution >= 0.6 is 15.9 Å². The van der Waals surface area contributed by atoms with Crippen molar-refractivity contribution in [3.63, 3.8) is 0 Å². The quantitative estimate of drug-likeness (QED) is 0.801. The van der Waals surface area contributed by atoms with Crippen LogP contribution in [0.3, 0.4) is 0 Å². The SMILES string of the molecule is OCc1nc(Br)ccc1C(F)F. The largest absolute Gasteiger partial charge is 0.390 e. The molecule has 0 spiro atoms. The fourth-order valence-electron chi connectivity index (χ4n) is 0.811. The molecule has 0 amide bonds. The van der Waals surface area contributed by atoms with Crippen molar-refractivity contribution in [3.05, 3.63) is 28.0 Å². The van der Waals surface area contributed by atoms with E-state index in [2.05, 4.69) is 20.9 Å². The van der Waals surface area contributed by atoms with E-state index in [-0.39, 0.29) is 11.3 Å². The zero-order chi connectivity index (χ0) is 9.14. The average molecular weight is 238 g/mol. The maximum absolute atomic E-state index is 12.2. The summed E-state index contributed by atoms with van der Waals surface area (Å²) in [5.74, 6) is 0. The molecule has 0 radical (unpaired) electrons. The Labute approximate surface area is 76.4 Å². The molecule has 1 N–H and O–H groups in total. The van der Waals surface area contributed by atoms with Crippen LogP contribution in [0.5, 0.6) is 0 Å². The first kappa shape index (κ1) is 9.54. The average Bonchev–Trinajstić information content (AvgIpc) is 2.03. The molecule has 12 heavy (non-hydrogen) atoms. The first-order chi connectivity index (χ1) is 5.65. The molecule has 0 fully saturated rings. The number of nitrogens with zero attached hydrogens (tertiary/aromatic N) is 1. The van der Waals surface area contributed by atoms with Crippen molar-refractivity contribution in [2.45, 2.75) is 13.0 Å². The molecule has 1 heterocycles. The normalized spacial score (nSPS) is 10.8. The molecule has 0 saturated carbocycles. The maximum atomic E-state index is 12.2.